The van der Waals surface area contributed by atoms with Gasteiger partial charge in [0.1, 0.15) is 0 Å². The van der Waals surface area contributed by atoms with Gasteiger partial charge in [-0.15, -0.1) is 0 Å². The predicted molar refractivity (Wildman–Crippen MR) is 106 cm³/mol. The number of hydrogen-bond acceptors (Lipinski definition) is 4. The maximum Gasteiger partial charge on any atom is 0.238 e. The first-order valence-corrected chi connectivity index (χ1v) is 10.6. The van der Waals surface area contributed by atoms with Crippen LogP contribution >= 0.6 is 0 Å². The lowest BCUT2D eigenvalue weighted by Crippen LogP contribution is -2.39. The molecule has 27 heavy (non-hydrogen) atoms. The number of nitrogens with zero attached hydrogens (tertiary/aromatic N) is 1. The monoisotopic (exact) mass is 387 g/mol. The van der Waals surface area contributed by atoms with Gasteiger partial charge in [0.15, 0.2) is 0 Å². The summed E-state index contributed by atoms with van der Waals surface area (Å²) in [4.78, 5) is 14.4. The molecule has 1 heterocycles. The minimum Gasteiger partial charge on any atom is -0.325 e. The Morgan fingerprint density at radius 2 is 1.67 bits per heavy atom. The van der Waals surface area contributed by atoms with Crippen LogP contribution in [0, 0.1) is 5.92 Å². The Balaban J connectivity index is 1.44. The zero-order valence-corrected chi connectivity index (χ0v) is 16.0. The quantitative estimate of drug-likeness (QED) is 0.795. The van der Waals surface area contributed by atoms with Gasteiger partial charge in [0, 0.05) is 5.69 Å². The van der Waals surface area contributed by atoms with E-state index in [2.05, 4.69) is 34.5 Å². The fourth-order valence-corrected chi connectivity index (χ4v) is 3.94. The van der Waals surface area contributed by atoms with Gasteiger partial charge in [-0.1, -0.05) is 30.3 Å². The van der Waals surface area contributed by atoms with E-state index in [4.69, 9.17) is 5.14 Å². The third-order valence-electron chi connectivity index (χ3n) is 4.91. The number of likely N-dealkylation sites (tertiary alicyclic amines) is 1. The van der Waals surface area contributed by atoms with Gasteiger partial charge in [-0.2, -0.15) is 0 Å². The number of amides is 1. The van der Waals surface area contributed by atoms with Crippen LogP contribution in [0.3, 0.4) is 0 Å². The maximum absolute atomic E-state index is 12.2. The van der Waals surface area contributed by atoms with Crippen LogP contribution < -0.4 is 10.5 Å². The van der Waals surface area contributed by atoms with Crippen molar-refractivity contribution in [1.29, 1.82) is 0 Å². The van der Waals surface area contributed by atoms with Crippen LogP contribution in [0.4, 0.5) is 5.69 Å². The average Bonchev–Trinajstić information content (AvgIpc) is 2.64. The zero-order valence-electron chi connectivity index (χ0n) is 15.2. The predicted octanol–water partition coefficient (Wildman–Crippen LogP) is 2.23. The standard InChI is InChI=1S/C20H25N3O3S/c21-27(25,26)19-8-6-18(7-9-19)22-20(24)15-23-12-10-17(11-13-23)14-16-4-2-1-3-5-16/h1-9,17H,10-15H2,(H,22,24)(H2,21,25,26). The lowest BCUT2D eigenvalue weighted by molar-refractivity contribution is -0.117. The van der Waals surface area contributed by atoms with Crippen LogP contribution in [0.5, 0.6) is 0 Å². The van der Waals surface area contributed by atoms with Gasteiger partial charge in [0.25, 0.3) is 0 Å². The van der Waals surface area contributed by atoms with E-state index in [9.17, 15) is 13.2 Å². The molecule has 2 aromatic rings. The van der Waals surface area contributed by atoms with Gasteiger partial charge in [0.2, 0.25) is 15.9 Å². The van der Waals surface area contributed by atoms with E-state index in [1.54, 1.807) is 12.1 Å². The minimum absolute atomic E-state index is 0.0287. The van der Waals surface area contributed by atoms with E-state index >= 15 is 0 Å². The molecule has 0 saturated carbocycles. The summed E-state index contributed by atoms with van der Waals surface area (Å²) < 4.78 is 22.5. The summed E-state index contributed by atoms with van der Waals surface area (Å²) in [6.07, 6.45) is 3.27. The highest BCUT2D eigenvalue weighted by molar-refractivity contribution is 7.89. The smallest absolute Gasteiger partial charge is 0.238 e. The first kappa shape index (κ1) is 19.5. The van der Waals surface area contributed by atoms with Crippen LogP contribution in [0.1, 0.15) is 18.4 Å². The number of sulfonamides is 1. The Bertz CT molecular complexity index is 859. The molecule has 144 valence electrons. The lowest BCUT2D eigenvalue weighted by atomic mass is 9.90. The van der Waals surface area contributed by atoms with Crippen LogP contribution in [-0.4, -0.2) is 38.9 Å². The Hall–Kier alpha value is -2.22. The second kappa shape index (κ2) is 8.65. The molecule has 1 fully saturated rings. The van der Waals surface area contributed by atoms with E-state index in [1.807, 2.05) is 6.07 Å². The number of hydrogen-bond donors (Lipinski definition) is 2. The fourth-order valence-electron chi connectivity index (χ4n) is 3.43. The Morgan fingerprint density at radius 3 is 2.26 bits per heavy atom. The van der Waals surface area contributed by atoms with Crippen molar-refractivity contribution in [2.45, 2.75) is 24.2 Å². The Morgan fingerprint density at radius 1 is 1.04 bits per heavy atom. The van der Waals surface area contributed by atoms with Crippen molar-refractivity contribution >= 4 is 21.6 Å². The number of nitrogens with two attached hydrogens (primary N) is 1. The van der Waals surface area contributed by atoms with Gasteiger partial charge in [-0.25, -0.2) is 13.6 Å². The number of anilines is 1. The number of carbonyl (C=O) groups is 1. The molecule has 1 amide bonds. The van der Waals surface area contributed by atoms with E-state index in [0.717, 1.165) is 32.4 Å². The highest BCUT2D eigenvalue weighted by Gasteiger charge is 2.21. The van der Waals surface area contributed by atoms with Crippen molar-refractivity contribution in [3.63, 3.8) is 0 Å². The molecule has 0 aromatic heterocycles. The minimum atomic E-state index is -3.72. The lowest BCUT2D eigenvalue weighted by Gasteiger charge is -2.31. The molecule has 0 radical (unpaired) electrons. The Labute approximate surface area is 160 Å². The van der Waals surface area contributed by atoms with E-state index in [0.29, 0.717) is 18.2 Å². The van der Waals surface area contributed by atoms with Gasteiger partial charge in [-0.05, 0) is 68.1 Å². The third-order valence-corrected chi connectivity index (χ3v) is 5.84. The van der Waals surface area contributed by atoms with Crippen molar-refractivity contribution in [3.8, 4) is 0 Å². The number of primary sulfonamides is 1. The normalized spacial score (nSPS) is 16.2. The van der Waals surface area contributed by atoms with E-state index in [-0.39, 0.29) is 10.8 Å². The second-order valence-electron chi connectivity index (χ2n) is 7.03. The molecular weight excluding hydrogens is 362 g/mol. The SMILES string of the molecule is NS(=O)(=O)c1ccc(NC(=O)CN2CCC(Cc3ccccc3)CC2)cc1. The third kappa shape index (κ3) is 5.89. The molecule has 1 aliphatic heterocycles. The van der Waals surface area contributed by atoms with Crippen molar-refractivity contribution in [3.05, 3.63) is 60.2 Å². The van der Waals surface area contributed by atoms with Crippen LogP contribution in [0.2, 0.25) is 0 Å². The molecule has 3 N–H and O–H groups in total. The molecular formula is C20H25N3O3S. The van der Waals surface area contributed by atoms with Crippen LogP contribution in [0.15, 0.2) is 59.5 Å². The highest BCUT2D eigenvalue weighted by Crippen LogP contribution is 2.21. The van der Waals surface area contributed by atoms with Gasteiger partial charge in [-0.3, -0.25) is 9.69 Å². The average molecular weight is 388 g/mol. The van der Waals surface area contributed by atoms with Crippen molar-refractivity contribution in [2.24, 2.45) is 11.1 Å². The largest absolute Gasteiger partial charge is 0.325 e. The number of piperidine rings is 1. The first-order valence-electron chi connectivity index (χ1n) is 9.09. The first-order chi connectivity index (χ1) is 12.9. The fraction of sp³-hybridized carbons (Fsp3) is 0.350. The summed E-state index contributed by atoms with van der Waals surface area (Å²) in [5, 5.41) is 7.87. The summed E-state index contributed by atoms with van der Waals surface area (Å²) in [7, 11) is -3.72. The molecule has 3 rings (SSSR count). The van der Waals surface area contributed by atoms with Crippen LogP contribution in [-0.2, 0) is 21.2 Å². The molecule has 2 aromatic carbocycles. The molecule has 0 atom stereocenters. The maximum atomic E-state index is 12.2. The summed E-state index contributed by atoms with van der Waals surface area (Å²) in [5.74, 6) is 0.567. The van der Waals surface area contributed by atoms with Crippen molar-refractivity contribution in [1.82, 2.24) is 4.90 Å². The van der Waals surface area contributed by atoms with Gasteiger partial charge < -0.3 is 5.32 Å². The summed E-state index contributed by atoms with van der Waals surface area (Å²) in [5.41, 5.74) is 1.93. The van der Waals surface area contributed by atoms with Gasteiger partial charge >= 0.3 is 0 Å². The molecule has 0 spiro atoms. The number of nitrogens with one attached hydrogen (secondary N) is 1. The topological polar surface area (TPSA) is 92.5 Å². The molecule has 0 bridgehead atoms. The zero-order chi connectivity index (χ0) is 19.3. The highest BCUT2D eigenvalue weighted by atomic mass is 32.2. The molecule has 0 unspecified atom stereocenters. The summed E-state index contributed by atoms with van der Waals surface area (Å²) >= 11 is 0. The number of benzene rings is 2. The van der Waals surface area contributed by atoms with E-state index in [1.165, 1.54) is 17.7 Å². The molecule has 7 heteroatoms. The van der Waals surface area contributed by atoms with Gasteiger partial charge in [0.05, 0.1) is 11.4 Å². The van der Waals surface area contributed by atoms with Crippen LogP contribution in [0.25, 0.3) is 0 Å². The van der Waals surface area contributed by atoms with Crippen molar-refractivity contribution in [2.75, 3.05) is 25.0 Å². The number of carbonyl (C=O) groups excluding carboxylic acids is 1. The van der Waals surface area contributed by atoms with Crippen molar-refractivity contribution < 1.29 is 13.2 Å². The number of rotatable bonds is 6. The molecule has 0 aliphatic carbocycles. The van der Waals surface area contributed by atoms with E-state index < -0.39 is 10.0 Å². The summed E-state index contributed by atoms with van der Waals surface area (Å²) in [6.45, 7) is 2.17. The molecule has 1 saturated heterocycles. The second-order valence-corrected chi connectivity index (χ2v) is 8.59. The Kier molecular flexibility index (Phi) is 6.26. The molecule has 6 nitrogen and oxygen atoms in total. The summed E-state index contributed by atoms with van der Waals surface area (Å²) in [6, 6.07) is 16.4. The molecule has 1 aliphatic rings.